The van der Waals surface area contributed by atoms with Crippen LogP contribution in [0.4, 0.5) is 0 Å². The fourth-order valence-corrected chi connectivity index (χ4v) is 14.1. The average molecular weight is 859 g/mol. The molecule has 0 aromatic rings. The summed E-state index contributed by atoms with van der Waals surface area (Å²) < 4.78 is 29.9. The van der Waals surface area contributed by atoms with Gasteiger partial charge in [-0.3, -0.25) is 28.9 Å². The van der Waals surface area contributed by atoms with Gasteiger partial charge in [-0.15, -0.1) is 0 Å². The van der Waals surface area contributed by atoms with E-state index in [2.05, 4.69) is 48.0 Å². The molecule has 60 heavy (non-hydrogen) atoms. The standard InChI is InChI=1S/C46H78N6O7S/c1-11-32-26-44(32,41(57)49-60(58,59)50(12-2)13-3)28-35(53)34-27-46(43(9,10)45(46)23-19-24-45)29-52(34)40(56)37(42(6,7)8)48-39(55)36(31-20-15-14-16-21-31)47-38(54)33-22-17-18-25-51(33)30(4)5/h30-34,36-37H,11-29H2,1-10H3,(H,47,54)(H,48,55)(H,49,57)/t32?,33-,34-,36?,37+,44?,46+/m0/s1. The first-order chi connectivity index (χ1) is 28.1. The molecule has 340 valence electrons. The lowest BCUT2D eigenvalue weighted by Gasteiger charge is -2.40. The van der Waals surface area contributed by atoms with Crippen molar-refractivity contribution < 1.29 is 32.4 Å². The van der Waals surface area contributed by atoms with E-state index >= 15 is 4.79 Å². The topological polar surface area (TPSA) is 165 Å². The van der Waals surface area contributed by atoms with E-state index in [0.29, 0.717) is 25.8 Å². The van der Waals surface area contributed by atoms with Gasteiger partial charge in [0.05, 0.1) is 17.5 Å². The predicted octanol–water partition coefficient (Wildman–Crippen LogP) is 5.72. The van der Waals surface area contributed by atoms with Crippen LogP contribution in [0, 0.1) is 38.9 Å². The number of piperidine rings is 1. The Morgan fingerprint density at radius 1 is 0.817 bits per heavy atom. The Labute approximate surface area is 361 Å². The molecule has 2 spiro atoms. The minimum atomic E-state index is -4.10. The van der Waals surface area contributed by atoms with E-state index in [-0.39, 0.29) is 83.2 Å². The van der Waals surface area contributed by atoms with E-state index < -0.39 is 45.1 Å². The van der Waals surface area contributed by atoms with Crippen molar-refractivity contribution in [3.05, 3.63) is 0 Å². The van der Waals surface area contributed by atoms with Crippen LogP contribution in [0.2, 0.25) is 0 Å². The van der Waals surface area contributed by atoms with Crippen molar-refractivity contribution in [2.75, 3.05) is 26.2 Å². The maximum Gasteiger partial charge on any atom is 0.303 e. The van der Waals surface area contributed by atoms with Crippen molar-refractivity contribution >= 4 is 39.6 Å². The molecule has 3 N–H and O–H groups in total. The van der Waals surface area contributed by atoms with E-state index in [1.54, 1.807) is 18.7 Å². The van der Waals surface area contributed by atoms with E-state index in [1.165, 1.54) is 4.31 Å². The smallest absolute Gasteiger partial charge is 0.303 e. The molecule has 14 heteroatoms. The van der Waals surface area contributed by atoms with Gasteiger partial charge in [0.2, 0.25) is 23.6 Å². The predicted molar refractivity (Wildman–Crippen MR) is 232 cm³/mol. The quantitative estimate of drug-likeness (QED) is 0.177. The van der Waals surface area contributed by atoms with E-state index in [9.17, 15) is 27.6 Å². The van der Waals surface area contributed by atoms with Crippen molar-refractivity contribution in [3.8, 4) is 0 Å². The maximum absolute atomic E-state index is 15.3. The van der Waals surface area contributed by atoms with Crippen molar-refractivity contribution in [1.29, 1.82) is 0 Å². The third-order valence-electron chi connectivity index (χ3n) is 17.0. The highest BCUT2D eigenvalue weighted by Crippen LogP contribution is 2.88. The summed E-state index contributed by atoms with van der Waals surface area (Å²) in [6.45, 7) is 21.5. The highest BCUT2D eigenvalue weighted by atomic mass is 32.2. The Hall–Kier alpha value is -2.58. The van der Waals surface area contributed by atoms with Gasteiger partial charge in [0.25, 0.3) is 0 Å². The Morgan fingerprint density at radius 2 is 1.45 bits per heavy atom. The highest BCUT2D eigenvalue weighted by Gasteiger charge is 2.85. The Bertz CT molecular complexity index is 1760. The first kappa shape index (κ1) is 46.9. The average Bonchev–Trinajstić information content (AvgIpc) is 3.90. The summed E-state index contributed by atoms with van der Waals surface area (Å²) in [7, 11) is -4.10. The lowest BCUT2D eigenvalue weighted by Crippen LogP contribution is -2.62. The summed E-state index contributed by atoms with van der Waals surface area (Å²) in [5.41, 5.74) is -2.28. The lowest BCUT2D eigenvalue weighted by molar-refractivity contribution is -0.145. The molecular weight excluding hydrogens is 781 g/mol. The largest absolute Gasteiger partial charge is 0.343 e. The van der Waals surface area contributed by atoms with Crippen molar-refractivity contribution in [3.63, 3.8) is 0 Å². The molecule has 6 rings (SSSR count). The number of ketones is 1. The molecule has 3 unspecified atom stereocenters. The second-order valence-electron chi connectivity index (χ2n) is 21.5. The summed E-state index contributed by atoms with van der Waals surface area (Å²) in [6, 6.07) is -2.71. The van der Waals surface area contributed by atoms with E-state index in [4.69, 9.17) is 0 Å². The molecule has 2 heterocycles. The van der Waals surface area contributed by atoms with Gasteiger partial charge in [-0.2, -0.15) is 12.7 Å². The first-order valence-corrected chi connectivity index (χ1v) is 25.0. The van der Waals surface area contributed by atoms with Crippen LogP contribution >= 0.6 is 0 Å². The van der Waals surface area contributed by atoms with Gasteiger partial charge in [-0.1, -0.05) is 93.9 Å². The van der Waals surface area contributed by atoms with Crippen LogP contribution in [-0.4, -0.2) is 108 Å². The van der Waals surface area contributed by atoms with Crippen molar-refractivity contribution in [2.45, 2.75) is 196 Å². The fourth-order valence-electron chi connectivity index (χ4n) is 12.9. The number of hydrogen-bond acceptors (Lipinski definition) is 8. The number of hydrogen-bond donors (Lipinski definition) is 3. The molecular formula is C46H78N6O7S. The third kappa shape index (κ3) is 8.09. The van der Waals surface area contributed by atoms with Gasteiger partial charge < -0.3 is 15.5 Å². The number of rotatable bonds is 16. The summed E-state index contributed by atoms with van der Waals surface area (Å²) in [6.07, 6.45) is 11.9. The number of likely N-dealkylation sites (tertiary alicyclic amines) is 2. The normalized spacial score (nSPS) is 31.1. The van der Waals surface area contributed by atoms with Gasteiger partial charge in [0, 0.05) is 37.5 Å². The number of fused-ring (bicyclic) bond motifs is 1. The number of nitrogens with one attached hydrogen (secondary N) is 3. The van der Waals surface area contributed by atoms with Crippen LogP contribution < -0.4 is 15.4 Å². The van der Waals surface area contributed by atoms with Crippen molar-refractivity contribution in [1.82, 2.24) is 29.5 Å². The van der Waals surface area contributed by atoms with Crippen molar-refractivity contribution in [2.24, 2.45) is 38.9 Å². The molecule has 0 aromatic carbocycles. The minimum Gasteiger partial charge on any atom is -0.343 e. The molecule has 13 nitrogen and oxygen atoms in total. The van der Waals surface area contributed by atoms with Crippen LogP contribution in [0.3, 0.4) is 0 Å². The minimum absolute atomic E-state index is 0.0197. The first-order valence-electron chi connectivity index (χ1n) is 23.6. The van der Waals surface area contributed by atoms with E-state index in [1.807, 2.05) is 27.7 Å². The molecule has 4 amide bonds. The summed E-state index contributed by atoms with van der Waals surface area (Å²) in [4.78, 5) is 77.0. The number of amides is 4. The molecule has 0 aromatic heterocycles. The summed E-state index contributed by atoms with van der Waals surface area (Å²) >= 11 is 0. The number of carbonyl (C=O) groups excluding carboxylic acids is 5. The molecule has 7 atom stereocenters. The second-order valence-corrected chi connectivity index (χ2v) is 23.2. The fraction of sp³-hybridized carbons (Fsp3) is 0.891. The highest BCUT2D eigenvalue weighted by molar-refractivity contribution is 7.87. The molecule has 6 aliphatic rings. The van der Waals surface area contributed by atoms with Gasteiger partial charge in [-0.05, 0) is 99.8 Å². The molecule has 0 radical (unpaired) electrons. The number of nitrogens with zero attached hydrogens (tertiary/aromatic N) is 3. The van der Waals surface area contributed by atoms with Gasteiger partial charge in [0.15, 0.2) is 5.78 Å². The Kier molecular flexibility index (Phi) is 13.4. The number of Topliss-reactive ketones (excluding diaryl/α,β-unsaturated/α-hetero) is 1. The number of carbonyl (C=O) groups is 5. The van der Waals surface area contributed by atoms with Gasteiger partial charge in [0.1, 0.15) is 12.1 Å². The molecule has 2 aliphatic heterocycles. The second kappa shape index (κ2) is 17.2. The molecule has 4 aliphatic carbocycles. The maximum atomic E-state index is 15.3. The monoisotopic (exact) mass is 859 g/mol. The zero-order valence-electron chi connectivity index (χ0n) is 38.6. The van der Waals surface area contributed by atoms with Crippen LogP contribution in [0.25, 0.3) is 0 Å². The van der Waals surface area contributed by atoms with E-state index in [0.717, 1.165) is 77.2 Å². The van der Waals surface area contributed by atoms with Gasteiger partial charge in [-0.25, -0.2) is 4.72 Å². The summed E-state index contributed by atoms with van der Waals surface area (Å²) in [5.74, 6) is -1.89. The van der Waals surface area contributed by atoms with Gasteiger partial charge >= 0.3 is 10.2 Å². The molecule has 6 fully saturated rings. The zero-order valence-corrected chi connectivity index (χ0v) is 39.4. The zero-order chi connectivity index (χ0) is 44.2. The SMILES string of the molecule is CCC1CC1(CC(=O)[C@@H]1C[C@@]2(CN1C(=O)[C@@H](NC(=O)C(NC(=O)[C@@H]1CCCCN1C(C)C)C1CCCCC1)C(C)(C)C)C(C)(C)C21CCC1)C(=O)NS(=O)(=O)N(CC)CC. The van der Waals surface area contributed by atoms with Crippen LogP contribution in [0.5, 0.6) is 0 Å². The Balaban J connectivity index is 1.28. The van der Waals surface area contributed by atoms with Crippen LogP contribution in [0.15, 0.2) is 0 Å². The van der Waals surface area contributed by atoms with Crippen LogP contribution in [-0.2, 0) is 34.2 Å². The third-order valence-corrected chi connectivity index (χ3v) is 18.7. The molecule has 2 saturated heterocycles. The molecule has 0 bridgehead atoms. The lowest BCUT2D eigenvalue weighted by atomic mass is 9.73. The Morgan fingerprint density at radius 3 is 1.97 bits per heavy atom. The van der Waals surface area contributed by atoms with Crippen LogP contribution in [0.1, 0.15) is 166 Å². The molecule has 4 saturated carbocycles. The summed E-state index contributed by atoms with van der Waals surface area (Å²) in [5, 5.41) is 6.41.